The minimum Gasteiger partial charge on any atom is -0.356 e. The second-order valence-corrected chi connectivity index (χ2v) is 6.19. The molecule has 0 bridgehead atoms. The van der Waals surface area contributed by atoms with Crippen molar-refractivity contribution in [3.63, 3.8) is 0 Å². The Balaban J connectivity index is 2.05. The lowest BCUT2D eigenvalue weighted by molar-refractivity contribution is 0.695. The number of thiazole rings is 1. The van der Waals surface area contributed by atoms with Gasteiger partial charge in [0.05, 0.1) is 5.01 Å². The Morgan fingerprint density at radius 1 is 1.37 bits per heavy atom. The Labute approximate surface area is 124 Å². The SMILES string of the molecule is CN=C(NCCCCc1nc(C)cs1)NCCSC. The van der Waals surface area contributed by atoms with Gasteiger partial charge in [0, 0.05) is 37.0 Å². The van der Waals surface area contributed by atoms with Crippen molar-refractivity contribution in [1.82, 2.24) is 15.6 Å². The zero-order valence-corrected chi connectivity index (χ0v) is 13.7. The molecule has 0 aliphatic carbocycles. The molecule has 1 rings (SSSR count). The van der Waals surface area contributed by atoms with Gasteiger partial charge in [0.2, 0.25) is 0 Å². The number of thioether (sulfide) groups is 1. The Morgan fingerprint density at radius 3 is 2.79 bits per heavy atom. The Morgan fingerprint density at radius 2 is 2.16 bits per heavy atom. The number of unbranched alkanes of at least 4 members (excludes halogenated alkanes) is 1. The summed E-state index contributed by atoms with van der Waals surface area (Å²) in [7, 11) is 1.81. The standard InChI is InChI=1S/C13H24N4S2/c1-11-10-19-12(17-11)6-4-5-7-15-13(14-2)16-8-9-18-3/h10H,4-9H2,1-3H3,(H2,14,15,16). The van der Waals surface area contributed by atoms with Crippen LogP contribution in [0.5, 0.6) is 0 Å². The predicted octanol–water partition coefficient (Wildman–Crippen LogP) is 2.30. The quantitative estimate of drug-likeness (QED) is 0.439. The van der Waals surface area contributed by atoms with Gasteiger partial charge in [-0.15, -0.1) is 11.3 Å². The number of hydrogen-bond donors (Lipinski definition) is 2. The second kappa shape index (κ2) is 10.1. The van der Waals surface area contributed by atoms with E-state index in [2.05, 4.69) is 32.2 Å². The number of guanidine groups is 1. The third-order valence-electron chi connectivity index (χ3n) is 2.60. The van der Waals surface area contributed by atoms with Crippen molar-refractivity contribution in [3.05, 3.63) is 16.1 Å². The molecule has 19 heavy (non-hydrogen) atoms. The minimum absolute atomic E-state index is 0.902. The molecule has 0 atom stereocenters. The first-order valence-corrected chi connectivity index (χ1v) is 8.88. The van der Waals surface area contributed by atoms with Gasteiger partial charge in [-0.25, -0.2) is 4.98 Å². The molecule has 0 aromatic carbocycles. The van der Waals surface area contributed by atoms with Crippen LogP contribution >= 0.6 is 23.1 Å². The van der Waals surface area contributed by atoms with E-state index in [4.69, 9.17) is 0 Å². The van der Waals surface area contributed by atoms with E-state index in [-0.39, 0.29) is 0 Å². The average molecular weight is 300 g/mol. The number of aryl methyl sites for hydroxylation is 2. The summed E-state index contributed by atoms with van der Waals surface area (Å²) in [5.41, 5.74) is 1.14. The molecule has 0 radical (unpaired) electrons. The number of rotatable bonds is 8. The molecule has 108 valence electrons. The van der Waals surface area contributed by atoms with Gasteiger partial charge in [-0.1, -0.05) is 0 Å². The third kappa shape index (κ3) is 7.42. The molecule has 0 saturated heterocycles. The topological polar surface area (TPSA) is 49.3 Å². The maximum atomic E-state index is 4.47. The summed E-state index contributed by atoms with van der Waals surface area (Å²) >= 11 is 3.60. The summed E-state index contributed by atoms with van der Waals surface area (Å²) < 4.78 is 0. The van der Waals surface area contributed by atoms with E-state index in [1.165, 1.54) is 11.4 Å². The second-order valence-electron chi connectivity index (χ2n) is 4.26. The van der Waals surface area contributed by atoms with Crippen molar-refractivity contribution in [2.24, 2.45) is 4.99 Å². The van der Waals surface area contributed by atoms with E-state index in [0.717, 1.165) is 43.3 Å². The molecule has 1 aromatic heterocycles. The molecule has 0 amide bonds. The number of aliphatic imine (C=N–C) groups is 1. The molecule has 0 spiro atoms. The number of hydrogen-bond acceptors (Lipinski definition) is 4. The summed E-state index contributed by atoms with van der Waals surface area (Å²) in [6.45, 7) is 3.97. The van der Waals surface area contributed by atoms with Crippen molar-refractivity contribution in [2.45, 2.75) is 26.2 Å². The van der Waals surface area contributed by atoms with E-state index < -0.39 is 0 Å². The van der Waals surface area contributed by atoms with Gasteiger partial charge in [0.25, 0.3) is 0 Å². The number of aromatic nitrogens is 1. The Hall–Kier alpha value is -0.750. The lowest BCUT2D eigenvalue weighted by atomic mass is 10.2. The predicted molar refractivity (Wildman–Crippen MR) is 87.5 cm³/mol. The van der Waals surface area contributed by atoms with Gasteiger partial charge < -0.3 is 10.6 Å². The maximum Gasteiger partial charge on any atom is 0.191 e. The zero-order chi connectivity index (χ0) is 13.9. The van der Waals surface area contributed by atoms with E-state index in [0.29, 0.717) is 0 Å². The lowest BCUT2D eigenvalue weighted by Gasteiger charge is -2.10. The van der Waals surface area contributed by atoms with Gasteiger partial charge in [-0.2, -0.15) is 11.8 Å². The van der Waals surface area contributed by atoms with Crippen LogP contribution in [0.4, 0.5) is 0 Å². The highest BCUT2D eigenvalue weighted by atomic mass is 32.2. The van der Waals surface area contributed by atoms with Gasteiger partial charge in [-0.3, -0.25) is 4.99 Å². The summed E-state index contributed by atoms with van der Waals surface area (Å²) in [4.78, 5) is 8.66. The van der Waals surface area contributed by atoms with Crippen molar-refractivity contribution in [3.8, 4) is 0 Å². The van der Waals surface area contributed by atoms with Gasteiger partial charge in [-0.05, 0) is 32.4 Å². The first-order valence-electron chi connectivity index (χ1n) is 6.60. The third-order valence-corrected chi connectivity index (χ3v) is 4.24. The smallest absolute Gasteiger partial charge is 0.191 e. The van der Waals surface area contributed by atoms with Gasteiger partial charge in [0.1, 0.15) is 0 Å². The largest absolute Gasteiger partial charge is 0.356 e. The summed E-state index contributed by atoms with van der Waals surface area (Å²) in [6.07, 6.45) is 5.50. The lowest BCUT2D eigenvalue weighted by Crippen LogP contribution is -2.38. The number of nitrogens with zero attached hydrogens (tertiary/aromatic N) is 2. The molecule has 0 aliphatic rings. The molecule has 1 aromatic rings. The fourth-order valence-corrected chi connectivity index (χ4v) is 2.74. The van der Waals surface area contributed by atoms with E-state index in [9.17, 15) is 0 Å². The Bertz CT molecular complexity index is 376. The van der Waals surface area contributed by atoms with Crippen molar-refractivity contribution < 1.29 is 0 Å². The summed E-state index contributed by atoms with van der Waals surface area (Å²) in [6, 6.07) is 0. The monoisotopic (exact) mass is 300 g/mol. The van der Waals surface area contributed by atoms with Crippen LogP contribution in [0.1, 0.15) is 23.5 Å². The molecular weight excluding hydrogens is 276 g/mol. The molecular formula is C13H24N4S2. The highest BCUT2D eigenvalue weighted by Crippen LogP contribution is 2.11. The van der Waals surface area contributed by atoms with Crippen LogP contribution in [0.3, 0.4) is 0 Å². The maximum absolute atomic E-state index is 4.47. The molecule has 6 heteroatoms. The normalized spacial score (nSPS) is 11.6. The van der Waals surface area contributed by atoms with Crippen molar-refractivity contribution >= 4 is 29.1 Å². The molecule has 4 nitrogen and oxygen atoms in total. The molecule has 0 aliphatic heterocycles. The van der Waals surface area contributed by atoms with Crippen LogP contribution in [0.25, 0.3) is 0 Å². The Kier molecular flexibility index (Phi) is 8.66. The highest BCUT2D eigenvalue weighted by Gasteiger charge is 1.99. The van der Waals surface area contributed by atoms with E-state index >= 15 is 0 Å². The minimum atomic E-state index is 0.902. The van der Waals surface area contributed by atoms with Crippen LogP contribution in [0.15, 0.2) is 10.4 Å². The molecule has 0 fully saturated rings. The number of nitrogens with one attached hydrogen (secondary N) is 2. The van der Waals surface area contributed by atoms with Crippen molar-refractivity contribution in [2.75, 3.05) is 32.1 Å². The first-order chi connectivity index (χ1) is 9.26. The van der Waals surface area contributed by atoms with Crippen molar-refractivity contribution in [1.29, 1.82) is 0 Å². The van der Waals surface area contributed by atoms with Crippen LogP contribution in [-0.2, 0) is 6.42 Å². The van der Waals surface area contributed by atoms with Crippen LogP contribution in [-0.4, -0.2) is 43.1 Å². The average Bonchev–Trinajstić information content (AvgIpc) is 2.82. The zero-order valence-electron chi connectivity index (χ0n) is 12.0. The van der Waals surface area contributed by atoms with Crippen LogP contribution in [0, 0.1) is 6.92 Å². The van der Waals surface area contributed by atoms with Crippen LogP contribution < -0.4 is 10.6 Å². The van der Waals surface area contributed by atoms with Gasteiger partial charge in [0.15, 0.2) is 5.96 Å². The van der Waals surface area contributed by atoms with Gasteiger partial charge >= 0.3 is 0 Å². The molecule has 1 heterocycles. The molecule has 2 N–H and O–H groups in total. The molecule has 0 unspecified atom stereocenters. The van der Waals surface area contributed by atoms with Crippen LogP contribution in [0.2, 0.25) is 0 Å². The summed E-state index contributed by atoms with van der Waals surface area (Å²) in [5, 5.41) is 9.99. The van der Waals surface area contributed by atoms with E-state index in [1.807, 2.05) is 25.7 Å². The fraction of sp³-hybridized carbons (Fsp3) is 0.692. The first kappa shape index (κ1) is 16.3. The van der Waals surface area contributed by atoms with E-state index in [1.54, 1.807) is 11.3 Å². The highest BCUT2D eigenvalue weighted by molar-refractivity contribution is 7.98. The summed E-state index contributed by atoms with van der Waals surface area (Å²) in [5.74, 6) is 2.00. The molecule has 0 saturated carbocycles. The fourth-order valence-electron chi connectivity index (χ4n) is 1.62.